The van der Waals surface area contributed by atoms with Gasteiger partial charge in [0.2, 0.25) is 0 Å². The molecule has 3 rings (SSSR count). The third-order valence-electron chi connectivity index (χ3n) is 4.56. The predicted octanol–water partition coefficient (Wildman–Crippen LogP) is 3.40. The highest BCUT2D eigenvalue weighted by Gasteiger charge is 2.12. The fourth-order valence-electron chi connectivity index (χ4n) is 3.05. The second-order valence-electron chi connectivity index (χ2n) is 6.33. The molecule has 1 amide bonds. The Morgan fingerprint density at radius 3 is 2.40 bits per heavy atom. The van der Waals surface area contributed by atoms with Crippen molar-refractivity contribution >= 4 is 11.6 Å². The Kier molecular flexibility index (Phi) is 5.88. The van der Waals surface area contributed by atoms with Gasteiger partial charge >= 0.3 is 0 Å². The summed E-state index contributed by atoms with van der Waals surface area (Å²) in [5.41, 5.74) is 2.58. The molecule has 1 fully saturated rings. The number of rotatable bonds is 5. The van der Waals surface area contributed by atoms with Gasteiger partial charge in [0.05, 0.1) is 19.0 Å². The summed E-state index contributed by atoms with van der Waals surface area (Å²) in [6.07, 6.45) is 6.87. The van der Waals surface area contributed by atoms with Gasteiger partial charge in [-0.25, -0.2) is 4.98 Å². The molecule has 0 bridgehead atoms. The monoisotopic (exact) mass is 339 g/mol. The zero-order chi connectivity index (χ0) is 17.5. The maximum atomic E-state index is 12.3. The molecule has 5 heteroatoms. The molecule has 1 aromatic carbocycles. The summed E-state index contributed by atoms with van der Waals surface area (Å²) in [5.74, 6) is 0.652. The fraction of sp³-hybridized carbons (Fsp3) is 0.400. The number of carbonyl (C=O) groups is 1. The number of benzene rings is 1. The number of pyridine rings is 1. The lowest BCUT2D eigenvalue weighted by atomic mass is 10.2. The molecule has 1 aliphatic heterocycles. The van der Waals surface area contributed by atoms with Crippen molar-refractivity contribution in [1.82, 2.24) is 10.3 Å². The molecule has 2 heterocycles. The summed E-state index contributed by atoms with van der Waals surface area (Å²) >= 11 is 0. The van der Waals surface area contributed by atoms with Gasteiger partial charge < -0.3 is 15.0 Å². The first-order chi connectivity index (χ1) is 12.3. The van der Waals surface area contributed by atoms with Crippen LogP contribution in [0.25, 0.3) is 0 Å². The molecule has 1 N–H and O–H groups in total. The van der Waals surface area contributed by atoms with E-state index in [1.54, 1.807) is 7.11 Å². The molecular formula is C20H25N3O2. The van der Waals surface area contributed by atoms with Crippen LogP contribution in [0.4, 0.5) is 5.69 Å². The van der Waals surface area contributed by atoms with E-state index >= 15 is 0 Å². The molecule has 0 unspecified atom stereocenters. The highest BCUT2D eigenvalue weighted by molar-refractivity contribution is 5.92. The standard InChI is InChI=1S/C20H25N3O2/c1-25-18-9-6-16(7-10-18)14-22-20(24)19-11-8-17(15-21-19)23-12-4-2-3-5-13-23/h6-11,15H,2-5,12-14H2,1H3,(H,22,24). The van der Waals surface area contributed by atoms with Crippen LogP contribution < -0.4 is 15.0 Å². The number of hydrogen-bond acceptors (Lipinski definition) is 4. The Balaban J connectivity index is 1.56. The topological polar surface area (TPSA) is 54.5 Å². The Hall–Kier alpha value is -2.56. The number of nitrogens with one attached hydrogen (secondary N) is 1. The maximum absolute atomic E-state index is 12.3. The molecular weight excluding hydrogens is 314 g/mol. The summed E-state index contributed by atoms with van der Waals surface area (Å²) < 4.78 is 5.13. The Bertz CT molecular complexity index is 675. The van der Waals surface area contributed by atoms with E-state index in [2.05, 4.69) is 15.2 Å². The number of methoxy groups -OCH3 is 1. The first kappa shape index (κ1) is 17.3. The number of anilines is 1. The van der Waals surface area contributed by atoms with Crippen molar-refractivity contribution in [2.45, 2.75) is 32.2 Å². The first-order valence-electron chi connectivity index (χ1n) is 8.88. The fourth-order valence-corrected chi connectivity index (χ4v) is 3.05. The van der Waals surface area contributed by atoms with Gasteiger partial charge in [0.1, 0.15) is 11.4 Å². The van der Waals surface area contributed by atoms with Crippen LogP contribution in [0.2, 0.25) is 0 Å². The maximum Gasteiger partial charge on any atom is 0.270 e. The molecule has 0 aliphatic carbocycles. The van der Waals surface area contributed by atoms with Crippen LogP contribution in [0.1, 0.15) is 41.7 Å². The van der Waals surface area contributed by atoms with Gasteiger partial charge in [0, 0.05) is 19.6 Å². The van der Waals surface area contributed by atoms with Gasteiger partial charge in [-0.05, 0) is 42.7 Å². The lowest BCUT2D eigenvalue weighted by Gasteiger charge is -2.22. The Labute approximate surface area is 149 Å². The summed E-state index contributed by atoms with van der Waals surface area (Å²) in [4.78, 5) is 19.0. The lowest BCUT2D eigenvalue weighted by Crippen LogP contribution is -2.26. The average molecular weight is 339 g/mol. The minimum Gasteiger partial charge on any atom is -0.497 e. The van der Waals surface area contributed by atoms with E-state index in [9.17, 15) is 4.79 Å². The minimum absolute atomic E-state index is 0.154. The van der Waals surface area contributed by atoms with Gasteiger partial charge in [-0.3, -0.25) is 4.79 Å². The molecule has 132 valence electrons. The molecule has 0 atom stereocenters. The predicted molar refractivity (Wildman–Crippen MR) is 99.1 cm³/mol. The quantitative estimate of drug-likeness (QED) is 0.907. The van der Waals surface area contributed by atoms with E-state index in [1.807, 2.05) is 42.6 Å². The Morgan fingerprint density at radius 2 is 1.80 bits per heavy atom. The molecule has 0 spiro atoms. The molecule has 1 aliphatic rings. The normalized spacial score (nSPS) is 14.7. The summed E-state index contributed by atoms with van der Waals surface area (Å²) in [5, 5.41) is 2.91. The zero-order valence-electron chi connectivity index (χ0n) is 14.7. The minimum atomic E-state index is -0.154. The lowest BCUT2D eigenvalue weighted by molar-refractivity contribution is 0.0946. The van der Waals surface area contributed by atoms with Crippen LogP contribution in [0.15, 0.2) is 42.6 Å². The highest BCUT2D eigenvalue weighted by atomic mass is 16.5. The second kappa shape index (κ2) is 8.51. The third kappa shape index (κ3) is 4.72. The van der Waals surface area contributed by atoms with E-state index in [1.165, 1.54) is 25.7 Å². The first-order valence-corrected chi connectivity index (χ1v) is 8.88. The van der Waals surface area contributed by atoms with E-state index in [0.29, 0.717) is 12.2 Å². The summed E-state index contributed by atoms with van der Waals surface area (Å²) in [6.45, 7) is 2.62. The van der Waals surface area contributed by atoms with Crippen LogP contribution in [0.5, 0.6) is 5.75 Å². The molecule has 0 radical (unpaired) electrons. The van der Waals surface area contributed by atoms with Crippen LogP contribution in [0, 0.1) is 0 Å². The van der Waals surface area contributed by atoms with Crippen molar-refractivity contribution in [1.29, 1.82) is 0 Å². The SMILES string of the molecule is COc1ccc(CNC(=O)c2ccc(N3CCCCCC3)cn2)cc1. The van der Waals surface area contributed by atoms with Gasteiger partial charge in [-0.1, -0.05) is 25.0 Å². The molecule has 2 aromatic rings. The van der Waals surface area contributed by atoms with E-state index in [0.717, 1.165) is 30.1 Å². The molecule has 25 heavy (non-hydrogen) atoms. The van der Waals surface area contributed by atoms with E-state index in [4.69, 9.17) is 4.74 Å². The smallest absolute Gasteiger partial charge is 0.270 e. The van der Waals surface area contributed by atoms with Crippen LogP contribution in [-0.2, 0) is 6.54 Å². The summed E-state index contributed by atoms with van der Waals surface area (Å²) in [6, 6.07) is 11.5. The van der Waals surface area contributed by atoms with Gasteiger partial charge in [0.25, 0.3) is 5.91 Å². The molecule has 1 saturated heterocycles. The van der Waals surface area contributed by atoms with E-state index < -0.39 is 0 Å². The zero-order valence-corrected chi connectivity index (χ0v) is 14.7. The third-order valence-corrected chi connectivity index (χ3v) is 4.56. The molecule has 0 saturated carbocycles. The number of hydrogen-bond donors (Lipinski definition) is 1. The molecule has 1 aromatic heterocycles. The number of aromatic nitrogens is 1. The number of carbonyl (C=O) groups excluding carboxylic acids is 1. The van der Waals surface area contributed by atoms with Gasteiger partial charge in [-0.15, -0.1) is 0 Å². The van der Waals surface area contributed by atoms with Crippen molar-refractivity contribution < 1.29 is 9.53 Å². The largest absolute Gasteiger partial charge is 0.497 e. The van der Waals surface area contributed by atoms with Crippen molar-refractivity contribution in [2.24, 2.45) is 0 Å². The van der Waals surface area contributed by atoms with Crippen molar-refractivity contribution in [3.8, 4) is 5.75 Å². The molecule has 5 nitrogen and oxygen atoms in total. The number of nitrogens with zero attached hydrogens (tertiary/aromatic N) is 2. The average Bonchev–Trinajstić information content (AvgIpc) is 2.96. The second-order valence-corrected chi connectivity index (χ2v) is 6.33. The summed E-state index contributed by atoms with van der Waals surface area (Å²) in [7, 11) is 1.64. The van der Waals surface area contributed by atoms with Crippen LogP contribution in [0.3, 0.4) is 0 Å². The highest BCUT2D eigenvalue weighted by Crippen LogP contribution is 2.18. The van der Waals surface area contributed by atoms with Gasteiger partial charge in [-0.2, -0.15) is 0 Å². The van der Waals surface area contributed by atoms with Crippen LogP contribution in [-0.4, -0.2) is 31.1 Å². The van der Waals surface area contributed by atoms with Gasteiger partial charge in [0.15, 0.2) is 0 Å². The number of ether oxygens (including phenoxy) is 1. The van der Waals surface area contributed by atoms with E-state index in [-0.39, 0.29) is 5.91 Å². The van der Waals surface area contributed by atoms with Crippen LogP contribution >= 0.6 is 0 Å². The van der Waals surface area contributed by atoms with Crippen molar-refractivity contribution in [2.75, 3.05) is 25.1 Å². The van der Waals surface area contributed by atoms with Crippen molar-refractivity contribution in [3.63, 3.8) is 0 Å². The Morgan fingerprint density at radius 1 is 1.08 bits per heavy atom. The van der Waals surface area contributed by atoms with Crippen molar-refractivity contribution in [3.05, 3.63) is 53.9 Å². The number of amides is 1.